The van der Waals surface area contributed by atoms with E-state index in [1.165, 1.54) is 10.6 Å². The van der Waals surface area contributed by atoms with Crippen LogP contribution in [0.1, 0.15) is 49.2 Å². The van der Waals surface area contributed by atoms with Crippen LogP contribution in [0.15, 0.2) is 16.9 Å². The molecule has 108 valence electrons. The lowest BCUT2D eigenvalue weighted by atomic mass is 9.94. The second-order valence-electron chi connectivity index (χ2n) is 5.27. The van der Waals surface area contributed by atoms with Gasteiger partial charge in [-0.1, -0.05) is 6.92 Å². The Morgan fingerprint density at radius 1 is 1.35 bits per heavy atom. The summed E-state index contributed by atoms with van der Waals surface area (Å²) < 4.78 is 1.43. The molecule has 0 aliphatic heterocycles. The number of rotatable bonds is 4. The first-order valence-electron chi connectivity index (χ1n) is 7.08. The van der Waals surface area contributed by atoms with Gasteiger partial charge in [0.1, 0.15) is 6.54 Å². The van der Waals surface area contributed by atoms with Crippen molar-refractivity contribution in [3.63, 3.8) is 0 Å². The standard InChI is InChI=1S/C15H20N2O3/c1-3-10(2)16-14(19)9-17-12-5-4-6-13(18)11(12)7-8-15(17)20/h7-8,10H,3-6,9H2,1-2H3,(H,16,19). The first-order valence-corrected chi connectivity index (χ1v) is 7.08. The van der Waals surface area contributed by atoms with Crippen LogP contribution in [0.5, 0.6) is 0 Å². The minimum absolute atomic E-state index is 0.0143. The molecule has 1 atom stereocenters. The van der Waals surface area contributed by atoms with Crippen LogP contribution in [0.4, 0.5) is 0 Å². The van der Waals surface area contributed by atoms with Crippen LogP contribution in [0.3, 0.4) is 0 Å². The molecular weight excluding hydrogens is 256 g/mol. The smallest absolute Gasteiger partial charge is 0.251 e. The van der Waals surface area contributed by atoms with Gasteiger partial charge in [0.25, 0.3) is 5.56 Å². The summed E-state index contributed by atoms with van der Waals surface area (Å²) in [5, 5.41) is 2.84. The molecule has 1 N–H and O–H groups in total. The fourth-order valence-electron chi connectivity index (χ4n) is 2.43. The summed E-state index contributed by atoms with van der Waals surface area (Å²) in [4.78, 5) is 35.7. The summed E-state index contributed by atoms with van der Waals surface area (Å²) in [6.45, 7) is 3.89. The molecule has 0 spiro atoms. The minimum Gasteiger partial charge on any atom is -0.352 e. The molecule has 5 heteroatoms. The molecule has 2 rings (SSSR count). The number of pyridine rings is 1. The van der Waals surface area contributed by atoms with Crippen LogP contribution < -0.4 is 10.9 Å². The van der Waals surface area contributed by atoms with Gasteiger partial charge in [0.05, 0.1) is 0 Å². The number of nitrogens with one attached hydrogen (secondary N) is 1. The number of nitrogens with zero attached hydrogens (tertiary/aromatic N) is 1. The van der Waals surface area contributed by atoms with E-state index < -0.39 is 0 Å². The molecule has 0 radical (unpaired) electrons. The van der Waals surface area contributed by atoms with E-state index in [0.29, 0.717) is 24.1 Å². The van der Waals surface area contributed by atoms with Gasteiger partial charge in [0.2, 0.25) is 5.91 Å². The van der Waals surface area contributed by atoms with Gasteiger partial charge in [-0.2, -0.15) is 0 Å². The summed E-state index contributed by atoms with van der Waals surface area (Å²) in [6, 6.07) is 3.04. The van der Waals surface area contributed by atoms with E-state index in [4.69, 9.17) is 0 Å². The van der Waals surface area contributed by atoms with Gasteiger partial charge < -0.3 is 9.88 Å². The lowest BCUT2D eigenvalue weighted by Gasteiger charge is -2.20. The maximum Gasteiger partial charge on any atom is 0.251 e. The number of carbonyl (C=O) groups is 2. The van der Waals surface area contributed by atoms with Crippen LogP contribution in [-0.2, 0) is 17.8 Å². The van der Waals surface area contributed by atoms with Crippen molar-refractivity contribution in [1.29, 1.82) is 0 Å². The highest BCUT2D eigenvalue weighted by molar-refractivity contribution is 5.98. The number of hydrogen-bond acceptors (Lipinski definition) is 3. The minimum atomic E-state index is -0.224. The number of ketones is 1. The largest absolute Gasteiger partial charge is 0.352 e. The summed E-state index contributed by atoms with van der Waals surface area (Å²) >= 11 is 0. The third kappa shape index (κ3) is 2.98. The zero-order chi connectivity index (χ0) is 14.7. The van der Waals surface area contributed by atoms with Gasteiger partial charge >= 0.3 is 0 Å². The molecule has 20 heavy (non-hydrogen) atoms. The SMILES string of the molecule is CCC(C)NC(=O)Cn1c2c(ccc1=O)C(=O)CCC2. The van der Waals surface area contributed by atoms with Gasteiger partial charge in [0.15, 0.2) is 5.78 Å². The molecule has 1 aliphatic rings. The van der Waals surface area contributed by atoms with Crippen LogP contribution in [0.25, 0.3) is 0 Å². The topological polar surface area (TPSA) is 68.2 Å². The van der Waals surface area contributed by atoms with Crippen molar-refractivity contribution in [2.24, 2.45) is 0 Å². The van der Waals surface area contributed by atoms with Crippen molar-refractivity contribution >= 4 is 11.7 Å². The highest BCUT2D eigenvalue weighted by Crippen LogP contribution is 2.19. The van der Waals surface area contributed by atoms with Gasteiger partial charge in [-0.25, -0.2) is 0 Å². The van der Waals surface area contributed by atoms with Crippen molar-refractivity contribution in [3.05, 3.63) is 33.7 Å². The molecule has 1 unspecified atom stereocenters. The number of fused-ring (bicyclic) bond motifs is 1. The Labute approximate surface area is 118 Å². The Morgan fingerprint density at radius 2 is 2.10 bits per heavy atom. The van der Waals surface area contributed by atoms with Crippen LogP contribution in [0.2, 0.25) is 0 Å². The normalized spacial score (nSPS) is 15.6. The van der Waals surface area contributed by atoms with E-state index in [1.807, 2.05) is 13.8 Å². The molecule has 1 heterocycles. The zero-order valence-electron chi connectivity index (χ0n) is 11.9. The van der Waals surface area contributed by atoms with Crippen molar-refractivity contribution in [3.8, 4) is 0 Å². The van der Waals surface area contributed by atoms with Crippen molar-refractivity contribution < 1.29 is 9.59 Å². The maximum atomic E-state index is 12.0. The molecule has 0 saturated heterocycles. The molecule has 0 saturated carbocycles. The molecule has 0 fully saturated rings. The van der Waals surface area contributed by atoms with Crippen LogP contribution >= 0.6 is 0 Å². The molecule has 1 aliphatic carbocycles. The molecule has 1 aromatic rings. The highest BCUT2D eigenvalue weighted by atomic mass is 16.2. The van der Waals surface area contributed by atoms with Crippen molar-refractivity contribution in [2.75, 3.05) is 0 Å². The Morgan fingerprint density at radius 3 is 2.80 bits per heavy atom. The summed E-state index contributed by atoms with van der Waals surface area (Å²) in [5.41, 5.74) is 1.07. The van der Waals surface area contributed by atoms with E-state index in [0.717, 1.165) is 12.8 Å². The number of Topliss-reactive ketones (excluding diaryl/α,β-unsaturated/α-hetero) is 1. The van der Waals surface area contributed by atoms with E-state index >= 15 is 0 Å². The van der Waals surface area contributed by atoms with Gasteiger partial charge in [-0.05, 0) is 32.3 Å². The summed E-state index contributed by atoms with van der Waals surface area (Å²) in [5.74, 6) is -0.129. The average Bonchev–Trinajstić information content (AvgIpc) is 2.42. The van der Waals surface area contributed by atoms with Gasteiger partial charge in [-0.15, -0.1) is 0 Å². The molecular formula is C15H20N2O3. The van der Waals surface area contributed by atoms with E-state index in [-0.39, 0.29) is 29.8 Å². The van der Waals surface area contributed by atoms with E-state index in [9.17, 15) is 14.4 Å². The van der Waals surface area contributed by atoms with Crippen molar-refractivity contribution in [1.82, 2.24) is 9.88 Å². The Kier molecular flexibility index (Phi) is 4.37. The van der Waals surface area contributed by atoms with E-state index in [2.05, 4.69) is 5.32 Å². The number of hydrogen-bond donors (Lipinski definition) is 1. The Balaban J connectivity index is 2.28. The quantitative estimate of drug-likeness (QED) is 0.900. The highest BCUT2D eigenvalue weighted by Gasteiger charge is 2.21. The molecule has 0 aromatic carbocycles. The van der Waals surface area contributed by atoms with Crippen molar-refractivity contribution in [2.45, 2.75) is 52.1 Å². The summed E-state index contributed by atoms with van der Waals surface area (Å²) in [6.07, 6.45) is 2.77. The predicted molar refractivity (Wildman–Crippen MR) is 75.9 cm³/mol. The monoisotopic (exact) mass is 276 g/mol. The molecule has 5 nitrogen and oxygen atoms in total. The average molecular weight is 276 g/mol. The second-order valence-corrected chi connectivity index (χ2v) is 5.27. The van der Waals surface area contributed by atoms with Gasteiger partial charge in [-0.3, -0.25) is 14.4 Å². The first-order chi connectivity index (χ1) is 9.52. The lowest BCUT2D eigenvalue weighted by Crippen LogP contribution is -2.38. The Hall–Kier alpha value is -1.91. The fourth-order valence-corrected chi connectivity index (χ4v) is 2.43. The molecule has 1 aromatic heterocycles. The lowest BCUT2D eigenvalue weighted by molar-refractivity contribution is -0.122. The summed E-state index contributed by atoms with van der Waals surface area (Å²) in [7, 11) is 0. The first kappa shape index (κ1) is 14.5. The molecule has 0 bridgehead atoms. The van der Waals surface area contributed by atoms with E-state index in [1.54, 1.807) is 6.07 Å². The fraction of sp³-hybridized carbons (Fsp3) is 0.533. The zero-order valence-corrected chi connectivity index (χ0v) is 11.9. The second kappa shape index (κ2) is 6.03. The van der Waals surface area contributed by atoms with Gasteiger partial charge in [0, 0.05) is 29.8 Å². The Bertz CT molecular complexity index is 589. The third-order valence-corrected chi connectivity index (χ3v) is 3.73. The third-order valence-electron chi connectivity index (χ3n) is 3.73. The molecule has 1 amide bonds. The number of amides is 1. The number of carbonyl (C=O) groups excluding carboxylic acids is 2. The number of aromatic nitrogens is 1. The predicted octanol–water partition coefficient (Wildman–Crippen LogP) is 1.28. The van der Waals surface area contributed by atoms with Crippen LogP contribution in [0, 0.1) is 0 Å². The maximum absolute atomic E-state index is 12.0. The van der Waals surface area contributed by atoms with Crippen LogP contribution in [-0.4, -0.2) is 22.3 Å².